The second-order valence-electron chi connectivity index (χ2n) is 7.05. The molecule has 1 atom stereocenters. The van der Waals surface area contributed by atoms with Crippen LogP contribution in [0.3, 0.4) is 0 Å². The largest absolute Gasteiger partial charge is 0.339 e. The maximum absolute atomic E-state index is 5.36. The normalized spacial score (nSPS) is 28.3. The summed E-state index contributed by atoms with van der Waals surface area (Å²) in [7, 11) is 0. The van der Waals surface area contributed by atoms with Crippen molar-refractivity contribution in [3.05, 3.63) is 11.7 Å². The third kappa shape index (κ3) is 3.46. The van der Waals surface area contributed by atoms with Crippen LogP contribution in [0.15, 0.2) is 4.52 Å². The zero-order valence-corrected chi connectivity index (χ0v) is 12.8. The van der Waals surface area contributed by atoms with Crippen LogP contribution in [-0.4, -0.2) is 40.2 Å². The van der Waals surface area contributed by atoms with E-state index in [2.05, 4.69) is 20.4 Å². The molecular weight excluding hydrogens is 264 g/mol. The number of aromatic nitrogens is 2. The van der Waals surface area contributed by atoms with Gasteiger partial charge in [-0.1, -0.05) is 18.0 Å². The molecule has 5 nitrogen and oxygen atoms in total. The van der Waals surface area contributed by atoms with Crippen molar-refractivity contribution in [2.45, 2.75) is 75.9 Å². The molecule has 1 aliphatic heterocycles. The van der Waals surface area contributed by atoms with E-state index in [-0.39, 0.29) is 0 Å². The van der Waals surface area contributed by atoms with Crippen molar-refractivity contribution in [1.82, 2.24) is 20.4 Å². The lowest BCUT2D eigenvalue weighted by atomic mass is 10.0. The van der Waals surface area contributed by atoms with Gasteiger partial charge in [0.25, 0.3) is 0 Å². The molecule has 1 N–H and O–H groups in total. The van der Waals surface area contributed by atoms with E-state index in [1.54, 1.807) is 0 Å². The summed E-state index contributed by atoms with van der Waals surface area (Å²) in [4.78, 5) is 7.04. The van der Waals surface area contributed by atoms with E-state index in [1.165, 1.54) is 51.4 Å². The van der Waals surface area contributed by atoms with E-state index >= 15 is 0 Å². The lowest BCUT2D eigenvalue weighted by molar-refractivity contribution is 0.171. The SMILES string of the molecule is C1CCC(N[C@@H]2CCCN(Cc3noc(C4CC4)n3)C2)C1. The summed E-state index contributed by atoms with van der Waals surface area (Å²) in [5, 5.41) is 8.01. The number of likely N-dealkylation sites (tertiary alicyclic amines) is 1. The second kappa shape index (κ2) is 6.05. The van der Waals surface area contributed by atoms with Crippen molar-refractivity contribution < 1.29 is 4.52 Å². The fourth-order valence-electron chi connectivity index (χ4n) is 3.79. The summed E-state index contributed by atoms with van der Waals surface area (Å²) >= 11 is 0. The number of hydrogen-bond acceptors (Lipinski definition) is 5. The molecular formula is C16H26N4O. The zero-order chi connectivity index (χ0) is 14.1. The Balaban J connectivity index is 1.29. The summed E-state index contributed by atoms with van der Waals surface area (Å²) in [5.41, 5.74) is 0. The van der Waals surface area contributed by atoms with Gasteiger partial charge in [0.15, 0.2) is 5.82 Å². The van der Waals surface area contributed by atoms with Crippen LogP contribution in [0.4, 0.5) is 0 Å². The first kappa shape index (κ1) is 13.7. The predicted molar refractivity (Wildman–Crippen MR) is 80.0 cm³/mol. The monoisotopic (exact) mass is 290 g/mol. The fraction of sp³-hybridized carbons (Fsp3) is 0.875. The van der Waals surface area contributed by atoms with Gasteiger partial charge in [-0.2, -0.15) is 4.98 Å². The minimum absolute atomic E-state index is 0.560. The second-order valence-corrected chi connectivity index (χ2v) is 7.05. The highest BCUT2D eigenvalue weighted by atomic mass is 16.5. The molecule has 3 fully saturated rings. The Kier molecular flexibility index (Phi) is 3.95. The van der Waals surface area contributed by atoms with Crippen LogP contribution in [0, 0.1) is 0 Å². The topological polar surface area (TPSA) is 54.2 Å². The van der Waals surface area contributed by atoms with Crippen molar-refractivity contribution in [1.29, 1.82) is 0 Å². The molecule has 2 aliphatic carbocycles. The summed E-state index contributed by atoms with van der Waals surface area (Å²) in [6.45, 7) is 3.14. The van der Waals surface area contributed by atoms with Gasteiger partial charge < -0.3 is 9.84 Å². The Morgan fingerprint density at radius 1 is 1.05 bits per heavy atom. The average Bonchev–Trinajstić information content (AvgIpc) is 3.02. The fourth-order valence-corrected chi connectivity index (χ4v) is 3.79. The molecule has 0 aromatic carbocycles. The standard InChI is InChI=1S/C16H26N4O/c1-2-5-13(4-1)17-14-6-3-9-20(10-14)11-15-18-16(21-19-15)12-7-8-12/h12-14,17H,1-11H2/t14-/m1/s1. The molecule has 3 aliphatic rings. The van der Waals surface area contributed by atoms with Crippen LogP contribution in [0.2, 0.25) is 0 Å². The van der Waals surface area contributed by atoms with Gasteiger partial charge in [0.2, 0.25) is 5.89 Å². The van der Waals surface area contributed by atoms with Crippen LogP contribution in [0.5, 0.6) is 0 Å². The van der Waals surface area contributed by atoms with Gasteiger partial charge >= 0.3 is 0 Å². The Hall–Kier alpha value is -0.940. The lowest BCUT2D eigenvalue weighted by Gasteiger charge is -2.34. The Bertz CT molecular complexity index is 465. The van der Waals surface area contributed by atoms with Crippen LogP contribution in [0.25, 0.3) is 0 Å². The minimum Gasteiger partial charge on any atom is -0.339 e. The van der Waals surface area contributed by atoms with E-state index in [4.69, 9.17) is 4.52 Å². The van der Waals surface area contributed by atoms with E-state index in [1.807, 2.05) is 0 Å². The third-order valence-corrected chi connectivity index (χ3v) is 5.11. The van der Waals surface area contributed by atoms with E-state index in [0.717, 1.165) is 37.4 Å². The molecule has 0 amide bonds. The van der Waals surface area contributed by atoms with Gasteiger partial charge in [-0.3, -0.25) is 4.90 Å². The highest BCUT2D eigenvalue weighted by molar-refractivity contribution is 5.01. The molecule has 0 spiro atoms. The number of rotatable bonds is 5. The van der Waals surface area contributed by atoms with Crippen LogP contribution in [-0.2, 0) is 6.54 Å². The Morgan fingerprint density at radius 3 is 2.67 bits per heavy atom. The van der Waals surface area contributed by atoms with Crippen molar-refractivity contribution in [3.8, 4) is 0 Å². The number of nitrogens with zero attached hydrogens (tertiary/aromatic N) is 3. The molecule has 5 heteroatoms. The molecule has 0 radical (unpaired) electrons. The van der Waals surface area contributed by atoms with Gasteiger partial charge in [0.05, 0.1) is 6.54 Å². The van der Waals surface area contributed by atoms with Gasteiger partial charge in [-0.15, -0.1) is 0 Å². The first-order valence-corrected chi connectivity index (χ1v) is 8.68. The zero-order valence-electron chi connectivity index (χ0n) is 12.8. The van der Waals surface area contributed by atoms with Crippen molar-refractivity contribution in [2.75, 3.05) is 13.1 Å². The van der Waals surface area contributed by atoms with Gasteiger partial charge in [-0.25, -0.2) is 0 Å². The van der Waals surface area contributed by atoms with Crippen LogP contribution in [0.1, 0.15) is 69.0 Å². The first-order chi connectivity index (χ1) is 10.4. The van der Waals surface area contributed by atoms with Gasteiger partial charge in [-0.05, 0) is 45.1 Å². The average molecular weight is 290 g/mol. The Labute approximate surface area is 126 Å². The maximum Gasteiger partial charge on any atom is 0.229 e. The lowest BCUT2D eigenvalue weighted by Crippen LogP contribution is -2.48. The number of hydrogen-bond donors (Lipinski definition) is 1. The molecule has 1 aromatic rings. The van der Waals surface area contributed by atoms with Crippen molar-refractivity contribution in [3.63, 3.8) is 0 Å². The highest BCUT2D eigenvalue weighted by Crippen LogP contribution is 2.38. The Morgan fingerprint density at radius 2 is 1.86 bits per heavy atom. The van der Waals surface area contributed by atoms with Gasteiger partial charge in [0, 0.05) is 24.5 Å². The molecule has 116 valence electrons. The number of piperidine rings is 1. The van der Waals surface area contributed by atoms with Crippen LogP contribution < -0.4 is 5.32 Å². The van der Waals surface area contributed by atoms with E-state index < -0.39 is 0 Å². The molecule has 0 unspecified atom stereocenters. The minimum atomic E-state index is 0.560. The maximum atomic E-state index is 5.36. The number of nitrogens with one attached hydrogen (secondary N) is 1. The van der Waals surface area contributed by atoms with Crippen molar-refractivity contribution in [2.24, 2.45) is 0 Å². The summed E-state index contributed by atoms with van der Waals surface area (Å²) in [6.07, 6.45) is 10.6. The highest BCUT2D eigenvalue weighted by Gasteiger charge is 2.30. The quantitative estimate of drug-likeness (QED) is 0.902. The van der Waals surface area contributed by atoms with E-state index in [9.17, 15) is 0 Å². The molecule has 4 rings (SSSR count). The smallest absolute Gasteiger partial charge is 0.229 e. The van der Waals surface area contributed by atoms with Gasteiger partial charge in [0.1, 0.15) is 0 Å². The van der Waals surface area contributed by atoms with Crippen LogP contribution >= 0.6 is 0 Å². The molecule has 0 bridgehead atoms. The molecule has 2 saturated carbocycles. The van der Waals surface area contributed by atoms with Crippen molar-refractivity contribution >= 4 is 0 Å². The summed E-state index contributed by atoms with van der Waals surface area (Å²) in [5.74, 6) is 2.30. The summed E-state index contributed by atoms with van der Waals surface area (Å²) < 4.78 is 5.36. The summed E-state index contributed by atoms with van der Waals surface area (Å²) in [6, 6.07) is 1.42. The third-order valence-electron chi connectivity index (χ3n) is 5.11. The molecule has 1 saturated heterocycles. The van der Waals surface area contributed by atoms with E-state index in [0.29, 0.717) is 12.0 Å². The first-order valence-electron chi connectivity index (χ1n) is 8.68. The molecule has 1 aromatic heterocycles. The molecule has 21 heavy (non-hydrogen) atoms. The predicted octanol–water partition coefficient (Wildman–Crippen LogP) is 2.44. The molecule has 2 heterocycles.